The maximum Gasteiger partial charge on any atom is 0.0979 e. The second-order valence-electron chi connectivity index (χ2n) is 6.78. The summed E-state index contributed by atoms with van der Waals surface area (Å²) in [4.78, 5) is 13.9. The number of aromatic amines is 1. The minimum absolute atomic E-state index is 0.0218. The molecule has 2 aromatic carbocycles. The van der Waals surface area contributed by atoms with Gasteiger partial charge in [0.05, 0.1) is 62.9 Å². The molecule has 7 nitrogen and oxygen atoms in total. The molecule has 2 heterocycles. The fourth-order valence-electron chi connectivity index (χ4n) is 3.44. The zero-order valence-electron chi connectivity index (χ0n) is 16.5. The van der Waals surface area contributed by atoms with Crippen LogP contribution in [-0.4, -0.2) is 56.3 Å². The number of aliphatic hydroxyl groups excluding tert-OH is 1. The van der Waals surface area contributed by atoms with E-state index in [1.807, 2.05) is 24.3 Å². The number of para-hydroxylation sites is 1. The summed E-state index contributed by atoms with van der Waals surface area (Å²) in [7, 11) is 0. The van der Waals surface area contributed by atoms with Crippen LogP contribution >= 0.6 is 15.9 Å². The SMILES string of the molecule is OCCOCCOCCONc1c(C2=c3ccc(Br)cc3=NC2)[nH]c2ccccc12. The average Bonchev–Trinajstić information content (AvgIpc) is 3.33. The van der Waals surface area contributed by atoms with Gasteiger partial charge in [0.25, 0.3) is 0 Å². The van der Waals surface area contributed by atoms with Crippen molar-refractivity contribution in [1.82, 2.24) is 4.98 Å². The Bertz CT molecular complexity index is 1130. The van der Waals surface area contributed by atoms with Gasteiger partial charge in [-0.1, -0.05) is 40.2 Å². The molecule has 1 aliphatic rings. The first kappa shape index (κ1) is 21.0. The van der Waals surface area contributed by atoms with Gasteiger partial charge in [-0.15, -0.1) is 0 Å². The summed E-state index contributed by atoms with van der Waals surface area (Å²) in [5.74, 6) is 0. The second-order valence-corrected chi connectivity index (χ2v) is 7.69. The van der Waals surface area contributed by atoms with Crippen LogP contribution in [0.15, 0.2) is 51.9 Å². The first-order valence-corrected chi connectivity index (χ1v) is 10.7. The molecule has 0 fully saturated rings. The molecule has 158 valence electrons. The molecule has 0 radical (unpaired) electrons. The number of halogens is 1. The van der Waals surface area contributed by atoms with Crippen molar-refractivity contribution >= 4 is 38.1 Å². The Hall–Kier alpha value is -2.23. The maximum absolute atomic E-state index is 8.67. The van der Waals surface area contributed by atoms with E-state index in [4.69, 9.17) is 19.4 Å². The second kappa shape index (κ2) is 10.2. The summed E-state index contributed by atoms with van der Waals surface area (Å²) in [6.07, 6.45) is 0. The quantitative estimate of drug-likeness (QED) is 0.293. The lowest BCUT2D eigenvalue weighted by atomic mass is 10.1. The van der Waals surface area contributed by atoms with Crippen LogP contribution < -0.4 is 16.1 Å². The van der Waals surface area contributed by atoms with Crippen LogP contribution in [0.3, 0.4) is 0 Å². The Morgan fingerprint density at radius 3 is 2.70 bits per heavy atom. The molecule has 1 aliphatic heterocycles. The van der Waals surface area contributed by atoms with Gasteiger partial charge in [-0.2, -0.15) is 0 Å². The first-order chi connectivity index (χ1) is 14.8. The topological polar surface area (TPSA) is 88.1 Å². The zero-order chi connectivity index (χ0) is 20.8. The van der Waals surface area contributed by atoms with Gasteiger partial charge in [-0.3, -0.25) is 15.3 Å². The number of nitrogens with zero attached hydrogens (tertiary/aromatic N) is 1. The maximum atomic E-state index is 8.67. The summed E-state index contributed by atoms with van der Waals surface area (Å²) >= 11 is 3.52. The van der Waals surface area contributed by atoms with E-state index in [2.05, 4.69) is 49.6 Å². The number of rotatable bonds is 11. The van der Waals surface area contributed by atoms with Crippen molar-refractivity contribution in [3.63, 3.8) is 0 Å². The largest absolute Gasteiger partial charge is 0.394 e. The molecule has 1 aromatic heterocycles. The zero-order valence-corrected chi connectivity index (χ0v) is 18.1. The molecule has 0 atom stereocenters. The van der Waals surface area contributed by atoms with E-state index >= 15 is 0 Å². The van der Waals surface area contributed by atoms with Gasteiger partial charge in [0, 0.05) is 26.2 Å². The van der Waals surface area contributed by atoms with Gasteiger partial charge in [0.15, 0.2) is 0 Å². The van der Waals surface area contributed by atoms with E-state index in [-0.39, 0.29) is 6.61 Å². The van der Waals surface area contributed by atoms with Crippen molar-refractivity contribution < 1.29 is 19.4 Å². The van der Waals surface area contributed by atoms with E-state index in [0.717, 1.165) is 42.9 Å². The van der Waals surface area contributed by atoms with Gasteiger partial charge in [0.1, 0.15) is 0 Å². The lowest BCUT2D eigenvalue weighted by Gasteiger charge is -2.10. The molecule has 0 unspecified atom stereocenters. The Balaban J connectivity index is 1.48. The number of ether oxygens (including phenoxy) is 2. The normalized spacial score (nSPS) is 12.9. The van der Waals surface area contributed by atoms with Crippen LogP contribution in [0.1, 0.15) is 5.69 Å². The summed E-state index contributed by atoms with van der Waals surface area (Å²) < 4.78 is 11.6. The van der Waals surface area contributed by atoms with Crippen LogP contribution in [0.2, 0.25) is 0 Å². The van der Waals surface area contributed by atoms with Crippen molar-refractivity contribution in [2.75, 3.05) is 51.7 Å². The van der Waals surface area contributed by atoms with E-state index in [0.29, 0.717) is 39.6 Å². The summed E-state index contributed by atoms with van der Waals surface area (Å²) in [5.41, 5.74) is 7.18. The van der Waals surface area contributed by atoms with Crippen molar-refractivity contribution in [1.29, 1.82) is 0 Å². The number of nitrogens with one attached hydrogen (secondary N) is 2. The summed E-state index contributed by atoms with van der Waals surface area (Å²) in [5, 5.41) is 11.8. The minimum atomic E-state index is 0.0218. The molecule has 0 saturated carbocycles. The lowest BCUT2D eigenvalue weighted by Crippen LogP contribution is -2.23. The Morgan fingerprint density at radius 1 is 1.03 bits per heavy atom. The van der Waals surface area contributed by atoms with Gasteiger partial charge >= 0.3 is 0 Å². The molecule has 0 amide bonds. The van der Waals surface area contributed by atoms with Crippen molar-refractivity contribution in [3.05, 3.63) is 63.2 Å². The molecule has 0 spiro atoms. The highest BCUT2D eigenvalue weighted by molar-refractivity contribution is 9.10. The van der Waals surface area contributed by atoms with Crippen LogP contribution in [0.4, 0.5) is 5.69 Å². The van der Waals surface area contributed by atoms with E-state index < -0.39 is 0 Å². The van der Waals surface area contributed by atoms with E-state index in [1.165, 1.54) is 0 Å². The average molecular weight is 474 g/mol. The molecule has 3 N–H and O–H groups in total. The molecular formula is C22H24BrN3O4. The molecular weight excluding hydrogens is 450 g/mol. The molecule has 30 heavy (non-hydrogen) atoms. The first-order valence-electron chi connectivity index (χ1n) is 9.86. The number of H-pyrrole nitrogens is 1. The van der Waals surface area contributed by atoms with Gasteiger partial charge in [-0.25, -0.2) is 0 Å². The fraction of sp³-hybridized carbons (Fsp3) is 0.318. The number of aliphatic hydroxyl groups is 1. The van der Waals surface area contributed by atoms with E-state index in [1.54, 1.807) is 0 Å². The third-order valence-corrected chi connectivity index (χ3v) is 5.31. The number of fused-ring (bicyclic) bond motifs is 2. The van der Waals surface area contributed by atoms with Crippen LogP contribution in [-0.2, 0) is 14.3 Å². The third kappa shape index (κ3) is 4.74. The Kier molecular flexibility index (Phi) is 7.14. The molecule has 0 saturated heterocycles. The van der Waals surface area contributed by atoms with Crippen LogP contribution in [0.25, 0.3) is 16.5 Å². The minimum Gasteiger partial charge on any atom is -0.394 e. The van der Waals surface area contributed by atoms with E-state index in [9.17, 15) is 0 Å². The smallest absolute Gasteiger partial charge is 0.0979 e. The third-order valence-electron chi connectivity index (χ3n) is 4.81. The number of hydrogen-bond acceptors (Lipinski definition) is 6. The molecule has 4 rings (SSSR count). The highest BCUT2D eigenvalue weighted by Gasteiger charge is 2.18. The highest BCUT2D eigenvalue weighted by Crippen LogP contribution is 2.32. The number of benzene rings is 2. The molecule has 0 aliphatic carbocycles. The van der Waals surface area contributed by atoms with Crippen molar-refractivity contribution in [2.24, 2.45) is 4.99 Å². The number of aromatic nitrogens is 1. The summed E-state index contributed by atoms with van der Waals surface area (Å²) in [6.45, 7) is 2.72. The predicted octanol–water partition coefficient (Wildman–Crippen LogP) is 2.13. The van der Waals surface area contributed by atoms with Crippen LogP contribution in [0, 0.1) is 0 Å². The lowest BCUT2D eigenvalue weighted by molar-refractivity contribution is 0.0156. The van der Waals surface area contributed by atoms with Gasteiger partial charge in [0.2, 0.25) is 0 Å². The summed E-state index contributed by atoms with van der Waals surface area (Å²) in [6, 6.07) is 14.3. The van der Waals surface area contributed by atoms with Gasteiger partial charge < -0.3 is 19.6 Å². The number of hydrogen-bond donors (Lipinski definition) is 3. The van der Waals surface area contributed by atoms with Crippen LogP contribution in [0.5, 0.6) is 0 Å². The fourth-order valence-corrected chi connectivity index (χ4v) is 3.79. The molecule has 3 aromatic rings. The Labute approximate surface area is 182 Å². The highest BCUT2D eigenvalue weighted by atomic mass is 79.9. The van der Waals surface area contributed by atoms with Gasteiger partial charge in [-0.05, 0) is 18.2 Å². The molecule has 8 heteroatoms. The Morgan fingerprint density at radius 2 is 1.83 bits per heavy atom. The van der Waals surface area contributed by atoms with Crippen molar-refractivity contribution in [3.8, 4) is 0 Å². The predicted molar refractivity (Wildman–Crippen MR) is 119 cm³/mol. The monoisotopic (exact) mass is 473 g/mol. The number of anilines is 1. The van der Waals surface area contributed by atoms with Crippen molar-refractivity contribution in [2.45, 2.75) is 0 Å². The standard InChI is InChI=1S/C22H24BrN3O4/c23-15-5-6-16-18(14-24-20(16)13-15)21-22(17-3-1-2-4-19(17)25-21)26-30-12-11-29-10-9-28-8-7-27/h1-6,13,25-27H,7-12,14H2. The molecule has 0 bridgehead atoms.